The summed E-state index contributed by atoms with van der Waals surface area (Å²) >= 11 is 0. The zero-order valence-electron chi connectivity index (χ0n) is 20.0. The van der Waals surface area contributed by atoms with Gasteiger partial charge in [-0.15, -0.1) is 0 Å². The van der Waals surface area contributed by atoms with E-state index in [1.807, 2.05) is 18.2 Å². The second-order valence-corrected chi connectivity index (χ2v) is 9.07. The van der Waals surface area contributed by atoms with Gasteiger partial charge in [-0.1, -0.05) is 6.07 Å². The molecule has 4 aromatic rings. The number of halogens is 2. The maximum Gasteiger partial charge on any atom is 0.163 e. The lowest BCUT2D eigenvalue weighted by Gasteiger charge is -2.29. The molecular formula is C27H27F2N5O. The van der Waals surface area contributed by atoms with Crippen molar-refractivity contribution in [2.75, 3.05) is 39.2 Å². The number of hydrogen-bond donors (Lipinski definition) is 0. The van der Waals surface area contributed by atoms with Crippen LogP contribution in [-0.2, 0) is 0 Å². The molecule has 2 aromatic heterocycles. The molecule has 0 N–H and O–H groups in total. The summed E-state index contributed by atoms with van der Waals surface area (Å²) < 4.78 is 33.4. The molecule has 0 bridgehead atoms. The molecule has 1 unspecified atom stereocenters. The van der Waals surface area contributed by atoms with E-state index in [-0.39, 0.29) is 0 Å². The van der Waals surface area contributed by atoms with Crippen LogP contribution in [0.25, 0.3) is 33.4 Å². The fourth-order valence-electron chi connectivity index (χ4n) is 4.75. The second kappa shape index (κ2) is 9.54. The molecule has 1 fully saturated rings. The Morgan fingerprint density at radius 2 is 1.89 bits per heavy atom. The first kappa shape index (κ1) is 23.1. The highest BCUT2D eigenvalue weighted by Crippen LogP contribution is 2.39. The van der Waals surface area contributed by atoms with Crippen LogP contribution in [0.1, 0.15) is 12.8 Å². The van der Waals surface area contributed by atoms with Crippen molar-refractivity contribution in [3.63, 3.8) is 0 Å². The van der Waals surface area contributed by atoms with E-state index in [2.05, 4.69) is 28.9 Å². The molecule has 35 heavy (non-hydrogen) atoms. The van der Waals surface area contributed by atoms with Gasteiger partial charge in [0.1, 0.15) is 17.1 Å². The van der Waals surface area contributed by atoms with Crippen molar-refractivity contribution in [1.29, 1.82) is 0 Å². The number of hydrogen-bond acceptors (Lipinski definition) is 6. The Morgan fingerprint density at radius 1 is 1.03 bits per heavy atom. The van der Waals surface area contributed by atoms with Crippen LogP contribution in [0.15, 0.2) is 54.9 Å². The molecule has 5 rings (SSSR count). The van der Waals surface area contributed by atoms with Gasteiger partial charge in [-0.3, -0.25) is 4.98 Å². The highest BCUT2D eigenvalue weighted by Gasteiger charge is 2.29. The molecule has 0 spiro atoms. The van der Waals surface area contributed by atoms with Crippen molar-refractivity contribution < 1.29 is 13.5 Å². The number of fused-ring (bicyclic) bond motifs is 1. The molecule has 0 amide bonds. The van der Waals surface area contributed by atoms with Crippen LogP contribution < -0.4 is 9.64 Å². The van der Waals surface area contributed by atoms with Crippen molar-refractivity contribution in [1.82, 2.24) is 19.9 Å². The average molecular weight is 476 g/mol. The summed E-state index contributed by atoms with van der Waals surface area (Å²) in [7, 11) is 5.72. The summed E-state index contributed by atoms with van der Waals surface area (Å²) in [5.74, 6) is 0.140. The minimum Gasteiger partial charge on any atom is -0.494 e. The highest BCUT2D eigenvalue weighted by atomic mass is 19.2. The molecule has 1 aliphatic rings. The van der Waals surface area contributed by atoms with Crippen molar-refractivity contribution in [3.8, 4) is 28.3 Å². The molecule has 0 radical (unpaired) electrons. The van der Waals surface area contributed by atoms with Gasteiger partial charge in [-0.2, -0.15) is 0 Å². The molecule has 8 heteroatoms. The lowest BCUT2D eigenvalue weighted by molar-refractivity contribution is 0.371. The molecule has 180 valence electrons. The highest BCUT2D eigenvalue weighted by molar-refractivity contribution is 5.98. The maximum absolute atomic E-state index is 14.0. The first-order valence-corrected chi connectivity index (χ1v) is 11.6. The zero-order chi connectivity index (χ0) is 24.5. The second-order valence-electron chi connectivity index (χ2n) is 9.07. The quantitative estimate of drug-likeness (QED) is 0.383. The van der Waals surface area contributed by atoms with E-state index in [9.17, 15) is 8.78 Å². The van der Waals surface area contributed by atoms with Gasteiger partial charge in [0, 0.05) is 42.5 Å². The number of rotatable bonds is 6. The monoisotopic (exact) mass is 475 g/mol. The van der Waals surface area contributed by atoms with Crippen LogP contribution in [-0.4, -0.2) is 60.2 Å². The Balaban J connectivity index is 1.76. The Bertz CT molecular complexity index is 1360. The summed E-state index contributed by atoms with van der Waals surface area (Å²) in [6.45, 7) is 1.77. The zero-order valence-corrected chi connectivity index (χ0v) is 20.0. The van der Waals surface area contributed by atoms with Gasteiger partial charge in [0.05, 0.1) is 7.11 Å². The van der Waals surface area contributed by atoms with Crippen molar-refractivity contribution >= 4 is 16.7 Å². The van der Waals surface area contributed by atoms with Crippen LogP contribution >= 0.6 is 0 Å². The number of benzene rings is 2. The molecule has 1 saturated heterocycles. The fourth-order valence-corrected chi connectivity index (χ4v) is 4.75. The summed E-state index contributed by atoms with van der Waals surface area (Å²) in [5.41, 5.74) is 2.73. The molecule has 2 aromatic carbocycles. The van der Waals surface area contributed by atoms with Gasteiger partial charge < -0.3 is 14.5 Å². The Morgan fingerprint density at radius 3 is 2.60 bits per heavy atom. The van der Waals surface area contributed by atoms with Crippen molar-refractivity contribution in [3.05, 3.63) is 66.5 Å². The summed E-state index contributed by atoms with van der Waals surface area (Å²) in [6.07, 6.45) is 5.58. The number of ether oxygens (including phenoxy) is 1. The van der Waals surface area contributed by atoms with E-state index in [4.69, 9.17) is 14.7 Å². The minimum absolute atomic E-state index is 0.294. The van der Waals surface area contributed by atoms with Gasteiger partial charge in [-0.25, -0.2) is 18.7 Å². The summed E-state index contributed by atoms with van der Waals surface area (Å²) in [6, 6.07) is 11.7. The largest absolute Gasteiger partial charge is 0.494 e. The predicted octanol–water partition coefficient (Wildman–Crippen LogP) is 5.18. The standard InChI is InChI=1S/C27H27F2N5O/c1-33(2)16-20-7-5-11-34(20)27-21-12-19(17-8-9-22(28)23(29)13-17)14-24(35-3)25(21)31-26(32-27)18-6-4-10-30-15-18/h4,6,8-10,12-15,20H,5,7,11,16H2,1-3H3. The van der Waals surface area contributed by atoms with E-state index in [0.717, 1.165) is 48.8 Å². The lowest BCUT2D eigenvalue weighted by Crippen LogP contribution is -2.38. The van der Waals surface area contributed by atoms with Gasteiger partial charge in [-0.05, 0) is 74.5 Å². The average Bonchev–Trinajstić information content (AvgIpc) is 3.32. The molecule has 0 saturated carbocycles. The van der Waals surface area contributed by atoms with Crippen LogP contribution in [0.2, 0.25) is 0 Å². The lowest BCUT2D eigenvalue weighted by atomic mass is 10.0. The van der Waals surface area contributed by atoms with Crippen molar-refractivity contribution in [2.45, 2.75) is 18.9 Å². The number of methoxy groups -OCH3 is 1. The van der Waals surface area contributed by atoms with Crippen molar-refractivity contribution in [2.24, 2.45) is 0 Å². The van der Waals surface area contributed by atoms with E-state index < -0.39 is 11.6 Å². The normalized spacial score (nSPS) is 15.8. The van der Waals surface area contributed by atoms with Crippen LogP contribution in [0.4, 0.5) is 14.6 Å². The van der Waals surface area contributed by atoms with Crippen LogP contribution in [0.5, 0.6) is 5.75 Å². The smallest absolute Gasteiger partial charge is 0.163 e. The summed E-state index contributed by atoms with van der Waals surface area (Å²) in [5, 5.41) is 0.808. The van der Waals surface area contributed by atoms with Crippen LogP contribution in [0, 0.1) is 11.6 Å². The first-order chi connectivity index (χ1) is 16.9. The molecule has 1 atom stereocenters. The molecule has 3 heterocycles. The first-order valence-electron chi connectivity index (χ1n) is 11.6. The third-order valence-corrected chi connectivity index (χ3v) is 6.36. The molecule has 1 aliphatic heterocycles. The third kappa shape index (κ3) is 4.53. The number of anilines is 1. The predicted molar refractivity (Wildman–Crippen MR) is 134 cm³/mol. The molecular weight excluding hydrogens is 448 g/mol. The number of pyridine rings is 1. The molecule has 0 aliphatic carbocycles. The number of likely N-dealkylation sites (N-methyl/N-ethyl adjacent to an activating group) is 1. The topological polar surface area (TPSA) is 54.4 Å². The Labute approximate surface area is 203 Å². The fraction of sp³-hybridized carbons (Fsp3) is 0.296. The van der Waals surface area contributed by atoms with E-state index >= 15 is 0 Å². The molecule has 6 nitrogen and oxygen atoms in total. The van der Waals surface area contributed by atoms with E-state index in [0.29, 0.717) is 34.3 Å². The Kier molecular flexibility index (Phi) is 6.30. The number of aromatic nitrogens is 3. The van der Waals surface area contributed by atoms with Gasteiger partial charge >= 0.3 is 0 Å². The minimum atomic E-state index is -0.893. The van der Waals surface area contributed by atoms with E-state index in [1.165, 1.54) is 6.07 Å². The Hall–Kier alpha value is -3.65. The van der Waals surface area contributed by atoms with E-state index in [1.54, 1.807) is 31.6 Å². The third-order valence-electron chi connectivity index (χ3n) is 6.36. The van der Waals surface area contributed by atoms with Gasteiger partial charge in [0.2, 0.25) is 0 Å². The van der Waals surface area contributed by atoms with Gasteiger partial charge in [0.25, 0.3) is 0 Å². The van der Waals surface area contributed by atoms with Gasteiger partial charge in [0.15, 0.2) is 17.5 Å². The SMILES string of the molecule is COc1cc(-c2ccc(F)c(F)c2)cc2c(N3CCCC3CN(C)C)nc(-c3cccnc3)nc12. The van der Waals surface area contributed by atoms with Crippen LogP contribution in [0.3, 0.4) is 0 Å². The number of nitrogens with zero attached hydrogens (tertiary/aromatic N) is 5. The summed E-state index contributed by atoms with van der Waals surface area (Å²) in [4.78, 5) is 18.6. The maximum atomic E-state index is 14.0.